The summed E-state index contributed by atoms with van der Waals surface area (Å²) in [4.78, 5) is 5.28. The van der Waals surface area contributed by atoms with Crippen molar-refractivity contribution < 1.29 is 0 Å². The van der Waals surface area contributed by atoms with E-state index in [4.69, 9.17) is 0 Å². The molecule has 3 nitrogen and oxygen atoms in total. The number of aryl methyl sites for hydroxylation is 7. The van der Waals surface area contributed by atoms with Crippen LogP contribution in [0.1, 0.15) is 118 Å². The van der Waals surface area contributed by atoms with E-state index in [2.05, 4.69) is 259 Å². The lowest BCUT2D eigenvalue weighted by Crippen LogP contribution is -2.61. The molecule has 0 atom stereocenters. The molecule has 0 spiro atoms. The van der Waals surface area contributed by atoms with E-state index in [1.54, 1.807) is 0 Å². The lowest BCUT2D eigenvalue weighted by molar-refractivity contribution is 0.590. The second-order valence-electron chi connectivity index (χ2n) is 24.4. The standard InChI is InChI=1S/C67H70BN3/c1-39-31-59-61-60(32-39)71(63-42(4)21-18-22-43(63)5)58-38-57-52(51-35-49(66(11,12)13)27-29-55(51)69(57)62-40(2)19-17-20-41(62)3)37-54(58)68(61)53-36-50(67(14,15)16)28-30-56(53)70(59)64-44(6)33-47(34-45(64)7)46-23-25-48(26-24-46)65(8,9)10/h17-38H,1-16H3. The normalized spacial score (nSPS) is 13.5. The number of aromatic nitrogens is 1. The third-order valence-corrected chi connectivity index (χ3v) is 16.0. The molecular formula is C67H70BN3. The van der Waals surface area contributed by atoms with E-state index >= 15 is 0 Å². The molecule has 8 aromatic carbocycles. The Morgan fingerprint density at radius 3 is 1.38 bits per heavy atom. The van der Waals surface area contributed by atoms with E-state index in [0.29, 0.717) is 0 Å². The summed E-state index contributed by atoms with van der Waals surface area (Å²) < 4.78 is 2.57. The lowest BCUT2D eigenvalue weighted by atomic mass is 9.33. The van der Waals surface area contributed by atoms with Gasteiger partial charge in [0.1, 0.15) is 0 Å². The highest BCUT2D eigenvalue weighted by atomic mass is 15.2. The van der Waals surface area contributed by atoms with Crippen LogP contribution in [-0.4, -0.2) is 11.3 Å². The van der Waals surface area contributed by atoms with Crippen LogP contribution in [0.15, 0.2) is 133 Å². The largest absolute Gasteiger partial charge is 0.311 e. The Bertz CT molecular complexity index is 3610. The summed E-state index contributed by atoms with van der Waals surface area (Å²) in [6.45, 7) is 37.0. The van der Waals surface area contributed by atoms with Gasteiger partial charge in [0.25, 0.3) is 6.71 Å². The molecule has 0 radical (unpaired) electrons. The quantitative estimate of drug-likeness (QED) is 0.163. The summed E-state index contributed by atoms with van der Waals surface area (Å²) in [6.07, 6.45) is 0. The highest BCUT2D eigenvalue weighted by Gasteiger charge is 2.45. The summed E-state index contributed by atoms with van der Waals surface area (Å²) in [6, 6.07) is 52.3. The van der Waals surface area contributed by atoms with Gasteiger partial charge >= 0.3 is 0 Å². The average molecular weight is 928 g/mol. The Labute approximate surface area is 424 Å². The van der Waals surface area contributed by atoms with Crippen LogP contribution in [-0.2, 0) is 16.2 Å². The molecule has 0 N–H and O–H groups in total. The van der Waals surface area contributed by atoms with Gasteiger partial charge in [-0.25, -0.2) is 0 Å². The molecule has 356 valence electrons. The molecule has 0 bridgehead atoms. The highest BCUT2D eigenvalue weighted by Crippen LogP contribution is 2.50. The van der Waals surface area contributed by atoms with E-state index in [0.717, 1.165) is 0 Å². The fourth-order valence-corrected chi connectivity index (χ4v) is 12.3. The summed E-state index contributed by atoms with van der Waals surface area (Å²) >= 11 is 0. The maximum absolute atomic E-state index is 2.65. The van der Waals surface area contributed by atoms with Gasteiger partial charge < -0.3 is 14.4 Å². The summed E-state index contributed by atoms with van der Waals surface area (Å²) in [7, 11) is 0. The van der Waals surface area contributed by atoms with Crippen LogP contribution >= 0.6 is 0 Å². The molecule has 2 aliphatic heterocycles. The van der Waals surface area contributed by atoms with Crippen LogP contribution in [0.5, 0.6) is 0 Å². The number of anilines is 6. The number of rotatable bonds is 4. The number of fused-ring (bicyclic) bond motifs is 7. The maximum atomic E-state index is 2.65. The molecule has 71 heavy (non-hydrogen) atoms. The molecule has 9 aromatic rings. The minimum Gasteiger partial charge on any atom is -0.311 e. The minimum atomic E-state index is -0.0554. The zero-order chi connectivity index (χ0) is 50.4. The van der Waals surface area contributed by atoms with E-state index in [1.807, 2.05) is 0 Å². The molecule has 0 unspecified atom stereocenters. The first-order chi connectivity index (χ1) is 33.5. The number of hydrogen-bond acceptors (Lipinski definition) is 2. The minimum absolute atomic E-state index is 0.0132. The zero-order valence-corrected chi connectivity index (χ0v) is 45.1. The van der Waals surface area contributed by atoms with Crippen LogP contribution in [0.4, 0.5) is 34.1 Å². The van der Waals surface area contributed by atoms with Gasteiger partial charge in [0.2, 0.25) is 0 Å². The first-order valence-electron chi connectivity index (χ1n) is 25.9. The first kappa shape index (κ1) is 46.6. The van der Waals surface area contributed by atoms with Gasteiger partial charge in [-0.2, -0.15) is 0 Å². The monoisotopic (exact) mass is 928 g/mol. The Hall–Kier alpha value is -6.78. The molecule has 11 rings (SSSR count). The lowest BCUT2D eigenvalue weighted by Gasteiger charge is -2.46. The predicted octanol–water partition coefficient (Wildman–Crippen LogP) is 16.6. The SMILES string of the molecule is Cc1cc2c3c(c1)N(c1c(C)cccc1C)c1cc4c(cc1B3c1cc(C(C)(C)C)ccc1N2c1c(C)cc(-c2ccc(C(C)(C)C)cc2)cc1C)c1cc(C(C)(C)C)ccc1n4-c1c(C)cccc1C. The molecular weight excluding hydrogens is 858 g/mol. The predicted molar refractivity (Wildman–Crippen MR) is 309 cm³/mol. The van der Waals surface area contributed by atoms with Gasteiger partial charge in [0, 0.05) is 33.5 Å². The molecule has 0 saturated heterocycles. The van der Waals surface area contributed by atoms with Crippen molar-refractivity contribution in [3.05, 3.63) is 189 Å². The van der Waals surface area contributed by atoms with Crippen molar-refractivity contribution in [2.45, 2.75) is 127 Å². The number of nitrogens with zero attached hydrogens (tertiary/aromatic N) is 3. The molecule has 0 amide bonds. The summed E-state index contributed by atoms with van der Waals surface area (Å²) in [5.74, 6) is 0. The van der Waals surface area contributed by atoms with Gasteiger partial charge in [0.05, 0.1) is 28.1 Å². The smallest absolute Gasteiger partial charge is 0.252 e. The maximum Gasteiger partial charge on any atom is 0.252 e. The topological polar surface area (TPSA) is 11.4 Å². The van der Waals surface area contributed by atoms with Gasteiger partial charge in [0.15, 0.2) is 0 Å². The molecule has 1 aromatic heterocycles. The Morgan fingerprint density at radius 1 is 0.352 bits per heavy atom. The second kappa shape index (κ2) is 16.1. The number of benzene rings is 8. The third-order valence-electron chi connectivity index (χ3n) is 16.0. The molecule has 0 aliphatic carbocycles. The summed E-state index contributed by atoms with van der Waals surface area (Å²) in [5, 5.41) is 2.59. The number of para-hydroxylation sites is 2. The van der Waals surface area contributed by atoms with E-state index in [1.165, 1.54) is 145 Å². The van der Waals surface area contributed by atoms with E-state index in [9.17, 15) is 0 Å². The Morgan fingerprint density at radius 2 is 0.817 bits per heavy atom. The molecule has 4 heteroatoms. The third kappa shape index (κ3) is 7.38. The van der Waals surface area contributed by atoms with Gasteiger partial charge in [-0.3, -0.25) is 0 Å². The van der Waals surface area contributed by atoms with Crippen LogP contribution in [0.2, 0.25) is 0 Å². The van der Waals surface area contributed by atoms with Crippen LogP contribution < -0.4 is 26.2 Å². The summed E-state index contributed by atoms with van der Waals surface area (Å²) in [5.41, 5.74) is 30.7. The highest BCUT2D eigenvalue weighted by molar-refractivity contribution is 7.00. The van der Waals surface area contributed by atoms with Crippen LogP contribution in [0, 0.1) is 48.5 Å². The second-order valence-corrected chi connectivity index (χ2v) is 24.4. The fourth-order valence-electron chi connectivity index (χ4n) is 12.3. The molecule has 0 fully saturated rings. The van der Waals surface area contributed by atoms with Crippen LogP contribution in [0.25, 0.3) is 38.6 Å². The molecule has 0 saturated carbocycles. The number of hydrogen-bond donors (Lipinski definition) is 0. The van der Waals surface area contributed by atoms with Crippen molar-refractivity contribution >= 4 is 79.0 Å². The molecule has 3 heterocycles. The fraction of sp³-hybridized carbons (Fsp3) is 0.284. The zero-order valence-electron chi connectivity index (χ0n) is 45.1. The van der Waals surface area contributed by atoms with E-state index in [-0.39, 0.29) is 23.0 Å². The van der Waals surface area contributed by atoms with Gasteiger partial charge in [-0.05, 0) is 196 Å². The van der Waals surface area contributed by atoms with Gasteiger partial charge in [-0.1, -0.05) is 147 Å². The van der Waals surface area contributed by atoms with Crippen molar-refractivity contribution in [2.75, 3.05) is 9.80 Å². The Kier molecular flexibility index (Phi) is 10.6. The van der Waals surface area contributed by atoms with Crippen molar-refractivity contribution in [1.82, 2.24) is 4.57 Å². The van der Waals surface area contributed by atoms with Crippen molar-refractivity contribution in [1.29, 1.82) is 0 Å². The van der Waals surface area contributed by atoms with E-state index < -0.39 is 0 Å². The van der Waals surface area contributed by atoms with Gasteiger partial charge in [-0.15, -0.1) is 0 Å². The van der Waals surface area contributed by atoms with Crippen LogP contribution in [0.3, 0.4) is 0 Å². The van der Waals surface area contributed by atoms with Crippen molar-refractivity contribution in [2.24, 2.45) is 0 Å². The molecule has 2 aliphatic rings. The van der Waals surface area contributed by atoms with Crippen molar-refractivity contribution in [3.8, 4) is 16.8 Å². The van der Waals surface area contributed by atoms with Crippen molar-refractivity contribution in [3.63, 3.8) is 0 Å². The average Bonchev–Trinajstić information content (AvgIpc) is 3.60. The Balaban J connectivity index is 1.26. The first-order valence-corrected chi connectivity index (χ1v) is 25.9.